The van der Waals surface area contributed by atoms with Crippen LogP contribution in [-0.4, -0.2) is 54.1 Å². The summed E-state index contributed by atoms with van der Waals surface area (Å²) in [5, 5.41) is 23.3. The lowest BCUT2D eigenvalue weighted by molar-refractivity contribution is 0.0585. The van der Waals surface area contributed by atoms with E-state index in [1.165, 1.54) is 15.5 Å². The Kier molecular flexibility index (Phi) is 4.95. The second kappa shape index (κ2) is 7.81. The van der Waals surface area contributed by atoms with E-state index in [1.54, 1.807) is 42.6 Å². The molecule has 2 atom stereocenters. The van der Waals surface area contributed by atoms with Gasteiger partial charge >= 0.3 is 7.12 Å². The number of nitrogens with zero attached hydrogens (tertiary/aromatic N) is 5. The minimum absolute atomic E-state index is 0.0108. The molecule has 2 N–H and O–H groups in total. The summed E-state index contributed by atoms with van der Waals surface area (Å²) in [6.07, 6.45) is 0.308. The van der Waals surface area contributed by atoms with Gasteiger partial charge in [0.1, 0.15) is 11.9 Å². The predicted octanol–water partition coefficient (Wildman–Crippen LogP) is 1.70. The fraction of sp³-hybridized carbons (Fsp3) is 0.182. The molecular formula is C22H19BFN5O3. The van der Waals surface area contributed by atoms with Gasteiger partial charge in [-0.25, -0.2) is 13.9 Å². The first-order valence-corrected chi connectivity index (χ1v) is 10.2. The molecule has 0 radical (unpaired) electrons. The van der Waals surface area contributed by atoms with Crippen LogP contribution in [0.2, 0.25) is 0 Å². The molecule has 0 fully saturated rings. The number of carbonyl (C=O) groups excluding carboxylic acids is 1. The molecule has 4 aromatic rings. The minimum atomic E-state index is -1.79. The van der Waals surface area contributed by atoms with E-state index in [0.29, 0.717) is 17.0 Å². The van der Waals surface area contributed by atoms with Gasteiger partial charge in [-0.05, 0) is 36.2 Å². The average molecular weight is 431 g/mol. The largest absolute Gasteiger partial charge is 0.510 e. The van der Waals surface area contributed by atoms with Gasteiger partial charge in [0.25, 0.3) is 5.91 Å². The van der Waals surface area contributed by atoms with Crippen LogP contribution in [0, 0.1) is 0 Å². The lowest BCUT2D eigenvalue weighted by Gasteiger charge is -2.36. The van der Waals surface area contributed by atoms with Gasteiger partial charge in [-0.3, -0.25) is 9.78 Å². The topological polar surface area (TPSA) is 104 Å². The van der Waals surface area contributed by atoms with Crippen LogP contribution >= 0.6 is 0 Å². The van der Waals surface area contributed by atoms with Crippen molar-refractivity contribution in [3.8, 4) is 11.4 Å². The summed E-state index contributed by atoms with van der Waals surface area (Å²) in [5.74, 6) is -0.429. The zero-order valence-electron chi connectivity index (χ0n) is 17.1. The molecule has 1 aliphatic heterocycles. The summed E-state index contributed by atoms with van der Waals surface area (Å²) >= 11 is 0. The average Bonchev–Trinajstić information content (AvgIpc) is 3.26. The van der Waals surface area contributed by atoms with E-state index in [9.17, 15) is 19.2 Å². The third kappa shape index (κ3) is 3.33. The van der Waals surface area contributed by atoms with Gasteiger partial charge < -0.3 is 14.9 Å². The number of fused-ring (bicyclic) bond motifs is 2. The number of pyridine rings is 1. The Bertz CT molecular complexity index is 1310. The van der Waals surface area contributed by atoms with Crippen LogP contribution in [0.15, 0.2) is 60.8 Å². The van der Waals surface area contributed by atoms with Gasteiger partial charge in [-0.15, -0.1) is 0 Å². The number of amides is 1. The molecule has 0 aliphatic carbocycles. The number of aromatic nitrogens is 4. The van der Waals surface area contributed by atoms with Crippen molar-refractivity contribution < 1.29 is 19.2 Å². The van der Waals surface area contributed by atoms with Crippen molar-refractivity contribution in [1.29, 1.82) is 0 Å². The molecule has 5 rings (SSSR count). The first-order valence-electron chi connectivity index (χ1n) is 10.2. The van der Waals surface area contributed by atoms with Crippen LogP contribution < -0.4 is 5.59 Å². The van der Waals surface area contributed by atoms with E-state index < -0.39 is 19.2 Å². The molecule has 3 aromatic heterocycles. The van der Waals surface area contributed by atoms with Gasteiger partial charge in [-0.2, -0.15) is 5.10 Å². The summed E-state index contributed by atoms with van der Waals surface area (Å²) in [6.45, 7) is 1.78. The quantitative estimate of drug-likeness (QED) is 0.479. The molecular weight excluding hydrogens is 412 g/mol. The van der Waals surface area contributed by atoms with Gasteiger partial charge in [0, 0.05) is 12.3 Å². The van der Waals surface area contributed by atoms with Crippen molar-refractivity contribution in [3.05, 3.63) is 77.6 Å². The van der Waals surface area contributed by atoms with E-state index in [-0.39, 0.29) is 29.5 Å². The van der Waals surface area contributed by atoms with Crippen LogP contribution in [0.4, 0.5) is 4.39 Å². The molecule has 32 heavy (non-hydrogen) atoms. The molecule has 0 bridgehead atoms. The molecule has 4 heterocycles. The molecule has 0 saturated heterocycles. The summed E-state index contributed by atoms with van der Waals surface area (Å²) in [7, 11) is -1.79. The van der Waals surface area contributed by atoms with E-state index >= 15 is 0 Å². The van der Waals surface area contributed by atoms with Gasteiger partial charge in [0.05, 0.1) is 29.6 Å². The van der Waals surface area contributed by atoms with Crippen molar-refractivity contribution >= 4 is 24.3 Å². The highest BCUT2D eigenvalue weighted by molar-refractivity contribution is 6.57. The molecule has 1 aliphatic rings. The monoisotopic (exact) mass is 431 g/mol. The number of benzene rings is 1. The minimum Gasteiger partial charge on any atom is -0.422 e. The highest BCUT2D eigenvalue weighted by atomic mass is 19.1. The standard InChI is InChI=1S/C22H19BFN5O3/c1-13-14-6-2-3-7-15(14)16(24)12-28(13)22(30)18-10-19(17-8-4-5-9-25-17)29-21(26-18)11-20(27-29)23(31)32/h2-11,13,16,31-32H,12H2,1H3. The summed E-state index contributed by atoms with van der Waals surface area (Å²) in [5.41, 5.74) is 2.67. The molecule has 8 nitrogen and oxygen atoms in total. The second-order valence-electron chi connectivity index (χ2n) is 7.68. The van der Waals surface area contributed by atoms with Crippen molar-refractivity contribution in [3.63, 3.8) is 0 Å². The van der Waals surface area contributed by atoms with Gasteiger partial charge in [-0.1, -0.05) is 30.3 Å². The third-order valence-electron chi connectivity index (χ3n) is 5.73. The van der Waals surface area contributed by atoms with E-state index in [0.717, 1.165) is 5.56 Å². The molecule has 160 valence electrons. The van der Waals surface area contributed by atoms with Crippen LogP contribution in [0.25, 0.3) is 17.0 Å². The van der Waals surface area contributed by atoms with Crippen molar-refractivity contribution in [2.75, 3.05) is 6.54 Å². The van der Waals surface area contributed by atoms with E-state index in [1.807, 2.05) is 19.1 Å². The smallest absolute Gasteiger partial charge is 0.422 e. The number of hydrogen-bond donors (Lipinski definition) is 2. The predicted molar refractivity (Wildman–Crippen MR) is 116 cm³/mol. The maximum Gasteiger partial charge on any atom is 0.510 e. The lowest BCUT2D eigenvalue weighted by Crippen LogP contribution is -2.40. The molecule has 1 amide bonds. The third-order valence-corrected chi connectivity index (χ3v) is 5.73. The molecule has 10 heteroatoms. The van der Waals surface area contributed by atoms with Crippen molar-refractivity contribution in [2.45, 2.75) is 19.1 Å². The SMILES string of the molecule is CC1c2ccccc2C(F)CN1C(=O)c1cc(-c2ccccn2)n2nc(B(O)O)cc2n1. The zero-order chi connectivity index (χ0) is 22.4. The van der Waals surface area contributed by atoms with Crippen LogP contribution in [0.3, 0.4) is 0 Å². The maximum atomic E-state index is 14.9. The molecule has 1 aromatic carbocycles. The number of carbonyl (C=O) groups is 1. The van der Waals surface area contributed by atoms with Gasteiger partial charge in [0.2, 0.25) is 0 Å². The van der Waals surface area contributed by atoms with Crippen LogP contribution in [0.5, 0.6) is 0 Å². The van der Waals surface area contributed by atoms with Crippen molar-refractivity contribution in [2.24, 2.45) is 0 Å². The Morgan fingerprint density at radius 2 is 1.88 bits per heavy atom. The van der Waals surface area contributed by atoms with Crippen LogP contribution in [0.1, 0.15) is 40.8 Å². The Labute approximate surface area is 183 Å². The molecule has 0 spiro atoms. The fourth-order valence-electron chi connectivity index (χ4n) is 4.10. The molecule has 2 unspecified atom stereocenters. The normalized spacial score (nSPS) is 17.9. The fourth-order valence-corrected chi connectivity index (χ4v) is 4.10. The number of alkyl halides is 1. The Morgan fingerprint density at radius 1 is 1.12 bits per heavy atom. The summed E-state index contributed by atoms with van der Waals surface area (Å²) < 4.78 is 16.3. The highest BCUT2D eigenvalue weighted by Gasteiger charge is 2.34. The number of halogens is 1. The first kappa shape index (κ1) is 20.3. The zero-order valence-corrected chi connectivity index (χ0v) is 17.1. The molecule has 0 saturated carbocycles. The first-order chi connectivity index (χ1) is 15.4. The van der Waals surface area contributed by atoms with E-state index in [2.05, 4.69) is 15.1 Å². The Hall–Kier alpha value is -3.63. The second-order valence-corrected chi connectivity index (χ2v) is 7.68. The highest BCUT2D eigenvalue weighted by Crippen LogP contribution is 2.37. The van der Waals surface area contributed by atoms with Crippen molar-refractivity contribution in [1.82, 2.24) is 24.5 Å². The Balaban J connectivity index is 1.62. The lowest BCUT2D eigenvalue weighted by atomic mass is 9.87. The van der Waals surface area contributed by atoms with E-state index in [4.69, 9.17) is 0 Å². The number of rotatable bonds is 3. The maximum absolute atomic E-state index is 14.9. The van der Waals surface area contributed by atoms with Crippen LogP contribution in [-0.2, 0) is 0 Å². The summed E-state index contributed by atoms with van der Waals surface area (Å²) in [4.78, 5) is 23.7. The Morgan fingerprint density at radius 3 is 2.59 bits per heavy atom. The summed E-state index contributed by atoms with van der Waals surface area (Å²) in [6, 6.07) is 15.1. The number of hydrogen-bond acceptors (Lipinski definition) is 6. The van der Waals surface area contributed by atoms with Gasteiger partial charge in [0.15, 0.2) is 5.65 Å².